The number of carbonyl (C=O) groups is 2. The molecule has 214 valence electrons. The number of hydrogen-bond donors (Lipinski definition) is 2. The van der Waals surface area contributed by atoms with E-state index in [9.17, 15) is 27.9 Å². The van der Waals surface area contributed by atoms with Crippen molar-refractivity contribution in [3.63, 3.8) is 0 Å². The highest BCUT2D eigenvalue weighted by atomic mass is 35.5. The molecule has 0 spiro atoms. The summed E-state index contributed by atoms with van der Waals surface area (Å²) >= 11 is 12.1. The molecule has 39 heavy (non-hydrogen) atoms. The molecule has 1 unspecified atom stereocenters. The second-order valence-corrected chi connectivity index (χ2v) is 11.2. The van der Waals surface area contributed by atoms with Gasteiger partial charge in [-0.15, -0.1) is 0 Å². The van der Waals surface area contributed by atoms with E-state index in [4.69, 9.17) is 23.2 Å². The Bertz CT molecular complexity index is 1170. The third-order valence-electron chi connectivity index (χ3n) is 7.13. The van der Waals surface area contributed by atoms with E-state index < -0.39 is 23.2 Å². The Kier molecular flexibility index (Phi) is 10.2. The summed E-state index contributed by atoms with van der Waals surface area (Å²) in [4.78, 5) is 27.7. The number of aliphatic hydroxyl groups is 1. The van der Waals surface area contributed by atoms with E-state index >= 15 is 0 Å². The predicted octanol–water partition coefficient (Wildman–Crippen LogP) is 6.35. The molecule has 2 N–H and O–H groups in total. The van der Waals surface area contributed by atoms with E-state index in [1.54, 1.807) is 26.2 Å². The molecule has 6 nitrogen and oxygen atoms in total. The molecule has 0 radical (unpaired) electrons. The van der Waals surface area contributed by atoms with Gasteiger partial charge in [-0.2, -0.15) is 13.2 Å². The van der Waals surface area contributed by atoms with Crippen LogP contribution in [0.3, 0.4) is 0 Å². The molecular formula is C28H34Cl2F3N3O3. The molecule has 1 saturated heterocycles. The zero-order chi connectivity index (χ0) is 29.0. The van der Waals surface area contributed by atoms with Crippen molar-refractivity contribution in [2.24, 2.45) is 5.92 Å². The lowest BCUT2D eigenvalue weighted by Crippen LogP contribution is -2.57. The van der Waals surface area contributed by atoms with E-state index in [1.807, 2.05) is 13.0 Å². The topological polar surface area (TPSA) is 72.9 Å². The molecular weight excluding hydrogens is 554 g/mol. The molecule has 1 fully saturated rings. The highest BCUT2D eigenvalue weighted by Gasteiger charge is 2.62. The normalized spacial score (nSPS) is 16.9. The van der Waals surface area contributed by atoms with Crippen LogP contribution in [0.4, 0.5) is 18.9 Å². The van der Waals surface area contributed by atoms with Crippen molar-refractivity contribution < 1.29 is 27.9 Å². The van der Waals surface area contributed by atoms with Crippen LogP contribution in [0, 0.1) is 5.92 Å². The van der Waals surface area contributed by atoms with E-state index in [1.165, 1.54) is 17.0 Å². The third-order valence-corrected chi connectivity index (χ3v) is 7.68. The van der Waals surface area contributed by atoms with Gasteiger partial charge in [-0.1, -0.05) is 48.2 Å². The molecule has 3 rings (SSSR count). The number of halogens is 5. The number of anilines is 1. The molecule has 0 bridgehead atoms. The van der Waals surface area contributed by atoms with Crippen molar-refractivity contribution in [3.05, 3.63) is 63.6 Å². The molecule has 0 aliphatic carbocycles. The Morgan fingerprint density at radius 2 is 1.79 bits per heavy atom. The van der Waals surface area contributed by atoms with Gasteiger partial charge in [-0.05, 0) is 62.4 Å². The van der Waals surface area contributed by atoms with Gasteiger partial charge in [0.1, 0.15) is 0 Å². The second-order valence-electron chi connectivity index (χ2n) is 10.3. The molecule has 1 heterocycles. The van der Waals surface area contributed by atoms with E-state index in [-0.39, 0.29) is 36.0 Å². The molecule has 2 aromatic carbocycles. The SMILES string of the molecule is C[C@@H](CCCC1CCN(C(=O)C(O)(c2cccc(Cl)c2)C(F)(F)F)CC1)Nc1ccc(C(=O)N(C)C)c(Cl)c1. The first kappa shape index (κ1) is 31.0. The fourth-order valence-electron chi connectivity index (χ4n) is 4.86. The summed E-state index contributed by atoms with van der Waals surface area (Å²) < 4.78 is 41.8. The van der Waals surface area contributed by atoms with Crippen LogP contribution in [0.2, 0.25) is 10.0 Å². The molecule has 1 aliphatic rings. The first-order valence-electron chi connectivity index (χ1n) is 12.9. The van der Waals surface area contributed by atoms with Crippen LogP contribution in [-0.2, 0) is 10.4 Å². The summed E-state index contributed by atoms with van der Waals surface area (Å²) in [6, 6.07) is 10.1. The molecule has 2 atom stereocenters. The average Bonchev–Trinajstić information content (AvgIpc) is 2.87. The van der Waals surface area contributed by atoms with Gasteiger partial charge in [0, 0.05) is 49.5 Å². The fraction of sp³-hybridized carbons (Fsp3) is 0.500. The van der Waals surface area contributed by atoms with Crippen LogP contribution < -0.4 is 5.32 Å². The Morgan fingerprint density at radius 1 is 1.13 bits per heavy atom. The third kappa shape index (κ3) is 7.38. The van der Waals surface area contributed by atoms with Gasteiger partial charge in [0.25, 0.3) is 17.4 Å². The zero-order valence-corrected chi connectivity index (χ0v) is 23.7. The average molecular weight is 588 g/mol. The number of alkyl halides is 3. The van der Waals surface area contributed by atoms with Crippen LogP contribution in [0.25, 0.3) is 0 Å². The molecule has 0 saturated carbocycles. The molecule has 1 aliphatic heterocycles. The van der Waals surface area contributed by atoms with Crippen molar-refractivity contribution >= 4 is 40.7 Å². The monoisotopic (exact) mass is 587 g/mol. The van der Waals surface area contributed by atoms with Crippen LogP contribution >= 0.6 is 23.2 Å². The van der Waals surface area contributed by atoms with Crippen molar-refractivity contribution in [2.75, 3.05) is 32.5 Å². The van der Waals surface area contributed by atoms with Gasteiger partial charge >= 0.3 is 6.18 Å². The number of piperidine rings is 1. The van der Waals surface area contributed by atoms with Gasteiger partial charge in [0.15, 0.2) is 0 Å². The maximum atomic E-state index is 13.9. The maximum Gasteiger partial charge on any atom is 0.430 e. The highest BCUT2D eigenvalue weighted by Crippen LogP contribution is 2.42. The van der Waals surface area contributed by atoms with Crippen LogP contribution in [0.1, 0.15) is 54.9 Å². The number of hydrogen-bond acceptors (Lipinski definition) is 4. The Balaban J connectivity index is 1.49. The number of likely N-dealkylation sites (tertiary alicyclic amines) is 1. The number of nitrogens with zero attached hydrogens (tertiary/aromatic N) is 2. The lowest BCUT2D eigenvalue weighted by molar-refractivity contribution is -0.262. The maximum absolute atomic E-state index is 13.9. The number of benzene rings is 2. The van der Waals surface area contributed by atoms with Gasteiger partial charge in [0.2, 0.25) is 0 Å². The van der Waals surface area contributed by atoms with Crippen molar-refractivity contribution in [1.29, 1.82) is 0 Å². The minimum atomic E-state index is -5.19. The quantitative estimate of drug-likeness (QED) is 0.358. The lowest BCUT2D eigenvalue weighted by atomic mass is 9.87. The van der Waals surface area contributed by atoms with E-state index in [2.05, 4.69) is 5.32 Å². The summed E-state index contributed by atoms with van der Waals surface area (Å²) in [5, 5.41) is 14.4. The van der Waals surface area contributed by atoms with Gasteiger partial charge < -0.3 is 20.2 Å². The Hall–Kier alpha value is -2.49. The van der Waals surface area contributed by atoms with Crippen molar-refractivity contribution in [2.45, 2.75) is 56.8 Å². The lowest BCUT2D eigenvalue weighted by Gasteiger charge is -2.38. The van der Waals surface area contributed by atoms with E-state index in [0.717, 1.165) is 42.0 Å². The van der Waals surface area contributed by atoms with Gasteiger partial charge in [-0.3, -0.25) is 9.59 Å². The number of rotatable bonds is 9. The second kappa shape index (κ2) is 12.8. The summed E-state index contributed by atoms with van der Waals surface area (Å²) in [5.74, 6) is -1.26. The van der Waals surface area contributed by atoms with Crippen molar-refractivity contribution in [1.82, 2.24) is 9.80 Å². The minimum absolute atomic E-state index is 0.00458. The highest BCUT2D eigenvalue weighted by molar-refractivity contribution is 6.34. The summed E-state index contributed by atoms with van der Waals surface area (Å²) in [7, 11) is 3.33. The first-order chi connectivity index (χ1) is 18.2. The van der Waals surface area contributed by atoms with Crippen LogP contribution in [-0.4, -0.2) is 66.1 Å². The van der Waals surface area contributed by atoms with Crippen molar-refractivity contribution in [3.8, 4) is 0 Å². The smallest absolute Gasteiger partial charge is 0.383 e. The van der Waals surface area contributed by atoms with Crippen LogP contribution in [0.15, 0.2) is 42.5 Å². The number of carbonyl (C=O) groups excluding carboxylic acids is 2. The first-order valence-corrected chi connectivity index (χ1v) is 13.6. The molecule has 2 amide bonds. The predicted molar refractivity (Wildman–Crippen MR) is 147 cm³/mol. The van der Waals surface area contributed by atoms with Gasteiger partial charge in [-0.25, -0.2) is 0 Å². The Labute approximate surface area is 237 Å². The zero-order valence-electron chi connectivity index (χ0n) is 22.2. The largest absolute Gasteiger partial charge is 0.430 e. The minimum Gasteiger partial charge on any atom is -0.383 e. The molecule has 2 aromatic rings. The molecule has 0 aromatic heterocycles. The van der Waals surface area contributed by atoms with Crippen LogP contribution in [0.5, 0.6) is 0 Å². The fourth-order valence-corrected chi connectivity index (χ4v) is 5.32. The summed E-state index contributed by atoms with van der Waals surface area (Å²) in [6.45, 7) is 2.33. The standard InChI is InChI=1S/C28H34Cl2F3N3O3/c1-18(34-22-10-11-23(24(30)17-22)25(37)35(2)3)6-4-7-19-12-14-36(15-13-19)26(38)27(39,28(31,32)33)20-8-5-9-21(29)16-20/h5,8-11,16-19,34,39H,4,6-7,12-15H2,1-3H3/t18-,27?/m0/s1. The number of amides is 2. The number of nitrogens with one attached hydrogen (secondary N) is 1. The van der Waals surface area contributed by atoms with Gasteiger partial charge in [0.05, 0.1) is 10.6 Å². The molecule has 11 heteroatoms. The Morgan fingerprint density at radius 3 is 2.36 bits per heavy atom. The summed E-state index contributed by atoms with van der Waals surface area (Å²) in [6.07, 6.45) is -1.43. The van der Waals surface area contributed by atoms with E-state index in [0.29, 0.717) is 23.4 Å². The summed E-state index contributed by atoms with van der Waals surface area (Å²) in [5.41, 5.74) is -2.99.